The SMILES string of the molecule is CCNC(c1c(C)cnn1C)C(C)(C)S(C)(=O)=O. The molecule has 1 N–H and O–H groups in total. The van der Waals surface area contributed by atoms with E-state index in [2.05, 4.69) is 10.4 Å². The molecule has 18 heavy (non-hydrogen) atoms. The molecule has 1 rings (SSSR count). The van der Waals surface area contributed by atoms with Gasteiger partial charge in [-0.05, 0) is 32.9 Å². The number of nitrogens with one attached hydrogen (secondary N) is 1. The van der Waals surface area contributed by atoms with Gasteiger partial charge in [0.1, 0.15) is 0 Å². The summed E-state index contributed by atoms with van der Waals surface area (Å²) in [5.74, 6) is 0. The zero-order chi connectivity index (χ0) is 14.1. The van der Waals surface area contributed by atoms with Gasteiger partial charge < -0.3 is 5.32 Å². The van der Waals surface area contributed by atoms with Crippen molar-refractivity contribution >= 4 is 9.84 Å². The maximum Gasteiger partial charge on any atom is 0.154 e. The molecule has 0 saturated carbocycles. The van der Waals surface area contributed by atoms with Crippen molar-refractivity contribution in [3.8, 4) is 0 Å². The minimum atomic E-state index is -3.19. The van der Waals surface area contributed by atoms with Gasteiger partial charge in [-0.25, -0.2) is 8.42 Å². The van der Waals surface area contributed by atoms with Crippen molar-refractivity contribution in [3.63, 3.8) is 0 Å². The molecule has 1 unspecified atom stereocenters. The summed E-state index contributed by atoms with van der Waals surface area (Å²) in [4.78, 5) is 0. The molecule has 1 atom stereocenters. The number of hydrogen-bond acceptors (Lipinski definition) is 4. The summed E-state index contributed by atoms with van der Waals surface area (Å²) in [6, 6.07) is -0.273. The molecule has 0 fully saturated rings. The van der Waals surface area contributed by atoms with E-state index in [1.807, 2.05) is 20.9 Å². The first-order valence-electron chi connectivity index (χ1n) is 6.04. The minimum Gasteiger partial charge on any atom is -0.308 e. The van der Waals surface area contributed by atoms with E-state index in [0.717, 1.165) is 11.3 Å². The predicted molar refractivity (Wildman–Crippen MR) is 73.3 cm³/mol. The zero-order valence-electron chi connectivity index (χ0n) is 12.0. The summed E-state index contributed by atoms with van der Waals surface area (Å²) in [7, 11) is -1.35. The maximum atomic E-state index is 12.0. The van der Waals surface area contributed by atoms with E-state index in [1.165, 1.54) is 6.26 Å². The quantitative estimate of drug-likeness (QED) is 0.875. The highest BCUT2D eigenvalue weighted by Crippen LogP contribution is 2.33. The normalized spacial score (nSPS) is 14.8. The standard InChI is InChI=1S/C12H23N3O2S/c1-7-13-11(12(3,4)18(6,16)17)10-9(2)8-14-15(10)5/h8,11,13H,7H2,1-6H3. The molecule has 0 radical (unpaired) electrons. The van der Waals surface area contributed by atoms with Crippen molar-refractivity contribution in [1.82, 2.24) is 15.1 Å². The summed E-state index contributed by atoms with van der Waals surface area (Å²) in [5, 5.41) is 7.47. The number of nitrogens with zero attached hydrogens (tertiary/aromatic N) is 2. The van der Waals surface area contributed by atoms with Crippen molar-refractivity contribution in [1.29, 1.82) is 0 Å². The van der Waals surface area contributed by atoms with Crippen molar-refractivity contribution in [2.24, 2.45) is 7.05 Å². The van der Waals surface area contributed by atoms with Crippen LogP contribution in [0.5, 0.6) is 0 Å². The molecule has 0 aromatic carbocycles. The Kier molecular flexibility index (Phi) is 4.23. The molecule has 0 spiro atoms. The van der Waals surface area contributed by atoms with Gasteiger partial charge in [-0.15, -0.1) is 0 Å². The maximum absolute atomic E-state index is 12.0. The second-order valence-electron chi connectivity index (χ2n) is 5.20. The number of aryl methyl sites for hydroxylation is 2. The Hall–Kier alpha value is -0.880. The minimum absolute atomic E-state index is 0.273. The van der Waals surface area contributed by atoms with Gasteiger partial charge in [0, 0.05) is 13.3 Å². The second kappa shape index (κ2) is 5.01. The summed E-state index contributed by atoms with van der Waals surface area (Å²) in [6.45, 7) is 8.13. The fourth-order valence-electron chi connectivity index (χ4n) is 2.06. The molecule has 0 amide bonds. The van der Waals surface area contributed by atoms with Crippen LogP contribution in [-0.2, 0) is 16.9 Å². The van der Waals surface area contributed by atoms with Crippen LogP contribution in [0.15, 0.2) is 6.20 Å². The Labute approximate surface area is 109 Å². The van der Waals surface area contributed by atoms with Crippen LogP contribution in [0.1, 0.15) is 38.1 Å². The fourth-order valence-corrected chi connectivity index (χ4v) is 2.68. The smallest absolute Gasteiger partial charge is 0.154 e. The van der Waals surface area contributed by atoms with Gasteiger partial charge in [0.2, 0.25) is 0 Å². The molecular weight excluding hydrogens is 250 g/mol. The molecule has 5 nitrogen and oxygen atoms in total. The van der Waals surface area contributed by atoms with E-state index in [9.17, 15) is 8.42 Å². The van der Waals surface area contributed by atoms with Crippen LogP contribution < -0.4 is 5.32 Å². The van der Waals surface area contributed by atoms with E-state index in [1.54, 1.807) is 24.7 Å². The Morgan fingerprint density at radius 2 is 2.06 bits per heavy atom. The lowest BCUT2D eigenvalue weighted by atomic mass is 9.97. The fraction of sp³-hybridized carbons (Fsp3) is 0.750. The van der Waals surface area contributed by atoms with Gasteiger partial charge in [0.25, 0.3) is 0 Å². The van der Waals surface area contributed by atoms with Crippen LogP contribution in [0.3, 0.4) is 0 Å². The van der Waals surface area contributed by atoms with Crippen LogP contribution in [0.2, 0.25) is 0 Å². The van der Waals surface area contributed by atoms with E-state index in [-0.39, 0.29) is 6.04 Å². The largest absolute Gasteiger partial charge is 0.308 e. The van der Waals surface area contributed by atoms with E-state index in [4.69, 9.17) is 0 Å². The average Bonchev–Trinajstić information content (AvgIpc) is 2.54. The number of hydrogen-bond donors (Lipinski definition) is 1. The van der Waals surface area contributed by atoms with Gasteiger partial charge in [-0.1, -0.05) is 6.92 Å². The first-order valence-corrected chi connectivity index (χ1v) is 7.93. The Morgan fingerprint density at radius 3 is 2.39 bits per heavy atom. The summed E-state index contributed by atoms with van der Waals surface area (Å²) in [5.41, 5.74) is 1.92. The Balaban J connectivity index is 3.36. The monoisotopic (exact) mass is 273 g/mol. The molecule has 0 aliphatic rings. The molecule has 0 aliphatic heterocycles. The zero-order valence-corrected chi connectivity index (χ0v) is 12.8. The lowest BCUT2D eigenvalue weighted by Crippen LogP contribution is -2.46. The van der Waals surface area contributed by atoms with Gasteiger partial charge in [0.05, 0.1) is 22.7 Å². The molecule has 6 heteroatoms. The highest BCUT2D eigenvalue weighted by molar-refractivity contribution is 7.92. The van der Waals surface area contributed by atoms with Crippen molar-refractivity contribution in [2.75, 3.05) is 12.8 Å². The third-order valence-corrected chi connectivity index (χ3v) is 5.66. The van der Waals surface area contributed by atoms with E-state index >= 15 is 0 Å². The lowest BCUT2D eigenvalue weighted by Gasteiger charge is -2.33. The third kappa shape index (κ3) is 2.59. The molecule has 1 heterocycles. The van der Waals surface area contributed by atoms with Crippen LogP contribution >= 0.6 is 0 Å². The molecule has 104 valence electrons. The van der Waals surface area contributed by atoms with Crippen molar-refractivity contribution in [2.45, 2.75) is 38.5 Å². The molecule has 1 aromatic heterocycles. The highest BCUT2D eigenvalue weighted by Gasteiger charge is 2.41. The van der Waals surface area contributed by atoms with Crippen LogP contribution in [0, 0.1) is 6.92 Å². The van der Waals surface area contributed by atoms with Crippen LogP contribution in [-0.4, -0.2) is 35.7 Å². The molecule has 1 aromatic rings. The van der Waals surface area contributed by atoms with Gasteiger partial charge in [-0.3, -0.25) is 4.68 Å². The van der Waals surface area contributed by atoms with Gasteiger partial charge in [-0.2, -0.15) is 5.10 Å². The van der Waals surface area contributed by atoms with Crippen LogP contribution in [0.25, 0.3) is 0 Å². The number of rotatable bonds is 5. The molecule has 0 saturated heterocycles. The summed E-state index contributed by atoms with van der Waals surface area (Å²) < 4.78 is 24.9. The first-order chi connectivity index (χ1) is 8.13. The first kappa shape index (κ1) is 15.2. The Bertz CT molecular complexity index is 498. The highest BCUT2D eigenvalue weighted by atomic mass is 32.2. The average molecular weight is 273 g/mol. The molecule has 0 aliphatic carbocycles. The second-order valence-corrected chi connectivity index (χ2v) is 7.80. The molecule has 0 bridgehead atoms. The number of sulfone groups is 1. The summed E-state index contributed by atoms with van der Waals surface area (Å²) >= 11 is 0. The molecular formula is C12H23N3O2S. The van der Waals surface area contributed by atoms with Crippen molar-refractivity contribution in [3.05, 3.63) is 17.5 Å². The van der Waals surface area contributed by atoms with Gasteiger partial charge >= 0.3 is 0 Å². The van der Waals surface area contributed by atoms with E-state index < -0.39 is 14.6 Å². The van der Waals surface area contributed by atoms with Crippen LogP contribution in [0.4, 0.5) is 0 Å². The summed E-state index contributed by atoms with van der Waals surface area (Å²) in [6.07, 6.45) is 3.04. The third-order valence-electron chi connectivity index (χ3n) is 3.51. The Morgan fingerprint density at radius 1 is 1.50 bits per heavy atom. The lowest BCUT2D eigenvalue weighted by molar-refractivity contribution is 0.406. The van der Waals surface area contributed by atoms with Crippen molar-refractivity contribution < 1.29 is 8.42 Å². The van der Waals surface area contributed by atoms with Gasteiger partial charge in [0.15, 0.2) is 9.84 Å². The number of aromatic nitrogens is 2. The van der Waals surface area contributed by atoms with E-state index in [0.29, 0.717) is 6.54 Å². The topological polar surface area (TPSA) is 64.0 Å². The predicted octanol–water partition coefficient (Wildman–Crippen LogP) is 1.20.